The minimum Gasteiger partial charge on any atom is -0.493 e. The number of aliphatic hydroxyl groups is 1. The van der Waals surface area contributed by atoms with E-state index in [-0.39, 0.29) is 0 Å². The van der Waals surface area contributed by atoms with Crippen molar-refractivity contribution in [1.82, 2.24) is 0 Å². The van der Waals surface area contributed by atoms with Crippen LogP contribution in [0.15, 0.2) is 40.8 Å². The summed E-state index contributed by atoms with van der Waals surface area (Å²) >= 11 is 0. The van der Waals surface area contributed by atoms with Crippen LogP contribution in [0.2, 0.25) is 0 Å². The van der Waals surface area contributed by atoms with Crippen molar-refractivity contribution in [1.29, 1.82) is 0 Å². The first kappa shape index (κ1) is 13.3. The molecule has 3 rings (SSSR count). The van der Waals surface area contributed by atoms with Crippen molar-refractivity contribution in [2.24, 2.45) is 5.92 Å². The summed E-state index contributed by atoms with van der Waals surface area (Å²) in [5.74, 6) is 3.51. The van der Waals surface area contributed by atoms with E-state index in [1.807, 2.05) is 43.3 Å². The molecule has 0 bridgehead atoms. The molecule has 20 heavy (non-hydrogen) atoms. The molecule has 1 aromatic heterocycles. The zero-order chi connectivity index (χ0) is 14.1. The number of benzene rings is 1. The number of para-hydroxylation sites is 1. The van der Waals surface area contributed by atoms with Gasteiger partial charge in [-0.3, -0.25) is 0 Å². The number of furan rings is 1. The maximum absolute atomic E-state index is 10.5. The summed E-state index contributed by atoms with van der Waals surface area (Å²) in [5.41, 5.74) is 0.749. The van der Waals surface area contributed by atoms with Gasteiger partial charge in [-0.1, -0.05) is 25.1 Å². The Kier molecular flexibility index (Phi) is 3.53. The van der Waals surface area contributed by atoms with Gasteiger partial charge < -0.3 is 14.3 Å². The first-order chi connectivity index (χ1) is 9.70. The van der Waals surface area contributed by atoms with E-state index in [0.717, 1.165) is 11.3 Å². The van der Waals surface area contributed by atoms with Gasteiger partial charge in [0, 0.05) is 11.5 Å². The summed E-state index contributed by atoms with van der Waals surface area (Å²) < 4.78 is 11.4. The lowest BCUT2D eigenvalue weighted by Gasteiger charge is -2.13. The van der Waals surface area contributed by atoms with Crippen molar-refractivity contribution in [2.45, 2.75) is 32.3 Å². The standard InChI is InChI=1S/C17H20O3/c1-3-19-14-7-5-4-6-12(14)17(18)16-9-8-15(20-16)13-10-11(13)2/h4-9,11,13,17-18H,3,10H2,1-2H3. The van der Waals surface area contributed by atoms with Gasteiger partial charge in [-0.2, -0.15) is 0 Å². The van der Waals surface area contributed by atoms with E-state index in [9.17, 15) is 5.11 Å². The van der Waals surface area contributed by atoms with E-state index in [4.69, 9.17) is 9.15 Å². The Morgan fingerprint density at radius 2 is 2.05 bits per heavy atom. The maximum atomic E-state index is 10.5. The van der Waals surface area contributed by atoms with E-state index in [1.165, 1.54) is 6.42 Å². The number of hydrogen-bond acceptors (Lipinski definition) is 3. The minimum absolute atomic E-state index is 0.526. The highest BCUT2D eigenvalue weighted by molar-refractivity contribution is 5.38. The fourth-order valence-electron chi connectivity index (χ4n) is 2.58. The lowest BCUT2D eigenvalue weighted by atomic mass is 10.1. The van der Waals surface area contributed by atoms with E-state index < -0.39 is 6.10 Å². The number of rotatable bonds is 5. The van der Waals surface area contributed by atoms with Crippen molar-refractivity contribution < 1.29 is 14.3 Å². The fraction of sp³-hybridized carbons (Fsp3) is 0.412. The van der Waals surface area contributed by atoms with E-state index in [1.54, 1.807) is 0 Å². The highest BCUT2D eigenvalue weighted by Gasteiger charge is 2.37. The molecule has 3 nitrogen and oxygen atoms in total. The second kappa shape index (κ2) is 5.33. The van der Waals surface area contributed by atoms with Gasteiger partial charge in [0.25, 0.3) is 0 Å². The molecule has 1 fully saturated rings. The summed E-state index contributed by atoms with van der Waals surface area (Å²) in [6.07, 6.45) is 0.402. The minimum atomic E-state index is -0.777. The van der Waals surface area contributed by atoms with Crippen LogP contribution in [0.5, 0.6) is 5.75 Å². The molecule has 1 heterocycles. The van der Waals surface area contributed by atoms with Gasteiger partial charge in [-0.05, 0) is 37.5 Å². The molecule has 1 N–H and O–H groups in total. The topological polar surface area (TPSA) is 42.6 Å². The molecule has 0 spiro atoms. The summed E-state index contributed by atoms with van der Waals surface area (Å²) in [6, 6.07) is 11.4. The molecule has 1 saturated carbocycles. The normalized spacial score (nSPS) is 22.6. The largest absolute Gasteiger partial charge is 0.493 e. The van der Waals surface area contributed by atoms with Gasteiger partial charge in [-0.25, -0.2) is 0 Å². The van der Waals surface area contributed by atoms with Crippen molar-refractivity contribution in [3.63, 3.8) is 0 Å². The Morgan fingerprint density at radius 3 is 2.75 bits per heavy atom. The highest BCUT2D eigenvalue weighted by Crippen LogP contribution is 2.48. The lowest BCUT2D eigenvalue weighted by molar-refractivity contribution is 0.180. The van der Waals surface area contributed by atoms with Gasteiger partial charge in [0.2, 0.25) is 0 Å². The predicted molar refractivity (Wildman–Crippen MR) is 76.9 cm³/mol. The molecular formula is C17H20O3. The molecule has 3 heteroatoms. The molecule has 106 valence electrons. The molecule has 2 aromatic rings. The Hall–Kier alpha value is -1.74. The molecule has 0 saturated heterocycles. The summed E-state index contributed by atoms with van der Waals surface area (Å²) in [5, 5.41) is 10.5. The molecule has 0 amide bonds. The Bertz CT molecular complexity index is 587. The summed E-state index contributed by atoms with van der Waals surface area (Å²) in [4.78, 5) is 0. The van der Waals surface area contributed by atoms with E-state index in [2.05, 4.69) is 6.92 Å². The summed E-state index contributed by atoms with van der Waals surface area (Å²) in [7, 11) is 0. The van der Waals surface area contributed by atoms with Gasteiger partial charge in [-0.15, -0.1) is 0 Å². The average molecular weight is 272 g/mol. The van der Waals surface area contributed by atoms with E-state index in [0.29, 0.717) is 30.0 Å². The van der Waals surface area contributed by atoms with Gasteiger partial charge in [0.1, 0.15) is 23.4 Å². The Morgan fingerprint density at radius 1 is 1.30 bits per heavy atom. The first-order valence-corrected chi connectivity index (χ1v) is 7.20. The smallest absolute Gasteiger partial charge is 0.140 e. The van der Waals surface area contributed by atoms with Crippen LogP contribution in [0.4, 0.5) is 0 Å². The molecule has 0 aliphatic heterocycles. The van der Waals surface area contributed by atoms with Gasteiger partial charge in [0.05, 0.1) is 6.61 Å². The molecular weight excluding hydrogens is 252 g/mol. The van der Waals surface area contributed by atoms with Crippen LogP contribution in [-0.2, 0) is 0 Å². The molecule has 0 radical (unpaired) electrons. The average Bonchev–Trinajstić information content (AvgIpc) is 3.01. The van der Waals surface area contributed by atoms with Crippen LogP contribution < -0.4 is 4.74 Å². The fourth-order valence-corrected chi connectivity index (χ4v) is 2.58. The van der Waals surface area contributed by atoms with Crippen LogP contribution in [0.1, 0.15) is 49.4 Å². The van der Waals surface area contributed by atoms with Gasteiger partial charge >= 0.3 is 0 Å². The first-order valence-electron chi connectivity index (χ1n) is 7.20. The maximum Gasteiger partial charge on any atom is 0.140 e. The zero-order valence-electron chi connectivity index (χ0n) is 11.9. The van der Waals surface area contributed by atoms with Crippen molar-refractivity contribution >= 4 is 0 Å². The number of hydrogen-bond donors (Lipinski definition) is 1. The molecule has 3 atom stereocenters. The second-order valence-electron chi connectivity index (χ2n) is 5.43. The zero-order valence-corrected chi connectivity index (χ0v) is 11.9. The molecule has 1 aliphatic rings. The van der Waals surface area contributed by atoms with Crippen molar-refractivity contribution in [3.8, 4) is 5.75 Å². The van der Waals surface area contributed by atoms with Crippen LogP contribution in [-0.4, -0.2) is 11.7 Å². The van der Waals surface area contributed by atoms with Gasteiger partial charge in [0.15, 0.2) is 0 Å². The van der Waals surface area contributed by atoms with Crippen molar-refractivity contribution in [2.75, 3.05) is 6.61 Å². The van der Waals surface area contributed by atoms with E-state index >= 15 is 0 Å². The third-order valence-electron chi connectivity index (χ3n) is 3.91. The van der Waals surface area contributed by atoms with Crippen LogP contribution in [0.3, 0.4) is 0 Å². The number of aliphatic hydroxyl groups excluding tert-OH is 1. The quantitative estimate of drug-likeness (QED) is 0.898. The second-order valence-corrected chi connectivity index (χ2v) is 5.43. The highest BCUT2D eigenvalue weighted by atomic mass is 16.5. The third kappa shape index (κ3) is 2.46. The third-order valence-corrected chi connectivity index (χ3v) is 3.91. The Balaban J connectivity index is 1.84. The van der Waals surface area contributed by atoms with Crippen molar-refractivity contribution in [3.05, 3.63) is 53.5 Å². The molecule has 1 aromatic carbocycles. The van der Waals surface area contributed by atoms with Crippen LogP contribution >= 0.6 is 0 Å². The predicted octanol–water partition coefficient (Wildman–Crippen LogP) is 3.88. The lowest BCUT2D eigenvalue weighted by Crippen LogP contribution is -2.03. The summed E-state index contributed by atoms with van der Waals surface area (Å²) in [6.45, 7) is 4.73. The SMILES string of the molecule is CCOc1ccccc1C(O)c1ccc(C2CC2C)o1. The van der Waals surface area contributed by atoms with Crippen LogP contribution in [0, 0.1) is 5.92 Å². The van der Waals surface area contributed by atoms with Crippen LogP contribution in [0.25, 0.3) is 0 Å². The monoisotopic (exact) mass is 272 g/mol. The Labute approximate surface area is 119 Å². The molecule has 3 unspecified atom stereocenters. The number of ether oxygens (including phenoxy) is 1. The molecule has 1 aliphatic carbocycles.